The molecule has 2 aromatic rings. The van der Waals surface area contributed by atoms with Gasteiger partial charge in [-0.25, -0.2) is 0 Å². The molecule has 0 aliphatic heterocycles. The van der Waals surface area contributed by atoms with Crippen LogP contribution in [0.1, 0.15) is 35.6 Å². The molecule has 24 heavy (non-hydrogen) atoms. The first-order valence-electron chi connectivity index (χ1n) is 7.95. The number of nitro groups is 1. The third-order valence-corrected chi connectivity index (χ3v) is 4.23. The Balaban J connectivity index is 1.72. The number of fused-ring (bicyclic) bond motifs is 1. The number of para-hydroxylation sites is 1. The first-order chi connectivity index (χ1) is 11.6. The molecule has 1 amide bonds. The summed E-state index contributed by atoms with van der Waals surface area (Å²) in [4.78, 5) is 22.8. The lowest BCUT2D eigenvalue weighted by Crippen LogP contribution is -2.29. The summed E-state index contributed by atoms with van der Waals surface area (Å²) in [5, 5.41) is 14.0. The van der Waals surface area contributed by atoms with Crippen molar-refractivity contribution in [3.05, 3.63) is 81.4 Å². The first-order valence-corrected chi connectivity index (χ1v) is 7.95. The molecule has 1 N–H and O–H groups in total. The van der Waals surface area contributed by atoms with Crippen LogP contribution >= 0.6 is 0 Å². The van der Waals surface area contributed by atoms with Crippen molar-refractivity contribution in [1.82, 2.24) is 5.32 Å². The Labute approximate surface area is 140 Å². The molecular formula is C19H18N2O3. The van der Waals surface area contributed by atoms with Crippen LogP contribution in [0.2, 0.25) is 0 Å². The van der Waals surface area contributed by atoms with Gasteiger partial charge < -0.3 is 5.32 Å². The van der Waals surface area contributed by atoms with Crippen molar-refractivity contribution in [3.8, 4) is 0 Å². The smallest absolute Gasteiger partial charge is 0.276 e. The number of rotatable bonds is 4. The van der Waals surface area contributed by atoms with Gasteiger partial charge in [0.15, 0.2) is 0 Å². The van der Waals surface area contributed by atoms with Crippen molar-refractivity contribution in [1.29, 1.82) is 0 Å². The summed E-state index contributed by atoms with van der Waals surface area (Å²) in [5.41, 5.74) is 2.85. The van der Waals surface area contributed by atoms with E-state index < -0.39 is 4.92 Å². The highest BCUT2D eigenvalue weighted by atomic mass is 16.6. The fourth-order valence-corrected chi connectivity index (χ4v) is 3.08. The van der Waals surface area contributed by atoms with Crippen LogP contribution in [0.25, 0.3) is 6.08 Å². The maximum Gasteiger partial charge on any atom is 0.276 e. The van der Waals surface area contributed by atoms with Gasteiger partial charge in [-0.05, 0) is 42.5 Å². The van der Waals surface area contributed by atoms with Crippen molar-refractivity contribution in [2.75, 3.05) is 0 Å². The largest absolute Gasteiger partial charge is 0.346 e. The lowest BCUT2D eigenvalue weighted by molar-refractivity contribution is -0.385. The molecule has 5 heteroatoms. The van der Waals surface area contributed by atoms with Crippen LogP contribution in [0.3, 0.4) is 0 Å². The highest BCUT2D eigenvalue weighted by Gasteiger charge is 2.20. The Morgan fingerprint density at radius 3 is 2.75 bits per heavy atom. The van der Waals surface area contributed by atoms with E-state index in [9.17, 15) is 14.9 Å². The molecule has 0 aromatic heterocycles. The molecule has 3 rings (SSSR count). The Bertz CT molecular complexity index is 799. The van der Waals surface area contributed by atoms with Crippen molar-refractivity contribution in [2.24, 2.45) is 0 Å². The summed E-state index contributed by atoms with van der Waals surface area (Å²) in [5.74, 6) is -0.241. The van der Waals surface area contributed by atoms with E-state index in [2.05, 4.69) is 11.4 Å². The average molecular weight is 322 g/mol. The van der Waals surface area contributed by atoms with E-state index in [1.807, 2.05) is 18.2 Å². The van der Waals surface area contributed by atoms with E-state index in [1.165, 1.54) is 23.8 Å². The lowest BCUT2D eigenvalue weighted by atomic mass is 9.88. The van der Waals surface area contributed by atoms with Crippen LogP contribution in [-0.4, -0.2) is 10.8 Å². The number of amides is 1. The number of carbonyl (C=O) groups is 1. The van der Waals surface area contributed by atoms with Crippen molar-refractivity contribution < 1.29 is 9.72 Å². The minimum atomic E-state index is -0.449. The zero-order valence-electron chi connectivity index (χ0n) is 13.1. The van der Waals surface area contributed by atoms with Gasteiger partial charge in [-0.3, -0.25) is 14.9 Å². The molecule has 1 aliphatic carbocycles. The third-order valence-electron chi connectivity index (χ3n) is 4.23. The summed E-state index contributed by atoms with van der Waals surface area (Å²) in [6.45, 7) is 0. The van der Waals surface area contributed by atoms with Gasteiger partial charge in [0.25, 0.3) is 5.69 Å². The number of benzene rings is 2. The maximum atomic E-state index is 12.2. The van der Waals surface area contributed by atoms with E-state index in [0.29, 0.717) is 5.56 Å². The van der Waals surface area contributed by atoms with Crippen LogP contribution in [0.15, 0.2) is 54.6 Å². The Morgan fingerprint density at radius 2 is 1.92 bits per heavy atom. The molecule has 0 saturated carbocycles. The van der Waals surface area contributed by atoms with Crippen LogP contribution in [0.4, 0.5) is 5.69 Å². The monoisotopic (exact) mass is 322 g/mol. The van der Waals surface area contributed by atoms with E-state index in [0.717, 1.165) is 24.8 Å². The molecule has 1 aliphatic rings. The van der Waals surface area contributed by atoms with Gasteiger partial charge in [0.05, 0.1) is 16.5 Å². The fourth-order valence-electron chi connectivity index (χ4n) is 3.08. The molecular weight excluding hydrogens is 304 g/mol. The predicted molar refractivity (Wildman–Crippen MR) is 92.4 cm³/mol. The Kier molecular flexibility index (Phi) is 4.70. The third kappa shape index (κ3) is 3.51. The average Bonchev–Trinajstić information content (AvgIpc) is 2.60. The molecule has 0 spiro atoms. The SMILES string of the molecule is O=C(/C=C/c1ccccc1[N+](=O)[O-])NC1CCCc2ccccc21. The molecule has 122 valence electrons. The second-order valence-electron chi connectivity index (χ2n) is 5.80. The van der Waals surface area contributed by atoms with Gasteiger partial charge in [0.2, 0.25) is 5.91 Å². The van der Waals surface area contributed by atoms with Crippen molar-refractivity contribution in [3.63, 3.8) is 0 Å². The van der Waals surface area contributed by atoms with Crippen LogP contribution in [0.5, 0.6) is 0 Å². The number of aryl methyl sites for hydroxylation is 1. The number of hydrogen-bond donors (Lipinski definition) is 1. The van der Waals surface area contributed by atoms with Gasteiger partial charge in [-0.2, -0.15) is 0 Å². The molecule has 5 nitrogen and oxygen atoms in total. The molecule has 1 unspecified atom stereocenters. The van der Waals surface area contributed by atoms with Gasteiger partial charge in [-0.1, -0.05) is 36.4 Å². The normalized spacial score (nSPS) is 16.6. The first kappa shape index (κ1) is 15.9. The van der Waals surface area contributed by atoms with E-state index in [4.69, 9.17) is 0 Å². The second-order valence-corrected chi connectivity index (χ2v) is 5.80. The van der Waals surface area contributed by atoms with E-state index in [-0.39, 0.29) is 17.6 Å². The molecule has 1 atom stereocenters. The van der Waals surface area contributed by atoms with E-state index in [1.54, 1.807) is 18.2 Å². The lowest BCUT2D eigenvalue weighted by Gasteiger charge is -2.25. The molecule has 0 bridgehead atoms. The van der Waals surface area contributed by atoms with Gasteiger partial charge in [0.1, 0.15) is 0 Å². The van der Waals surface area contributed by atoms with Crippen molar-refractivity contribution >= 4 is 17.7 Å². The topological polar surface area (TPSA) is 72.2 Å². The predicted octanol–water partition coefficient (Wildman–Crippen LogP) is 3.80. The second kappa shape index (κ2) is 7.08. The van der Waals surface area contributed by atoms with E-state index >= 15 is 0 Å². The molecule has 2 aromatic carbocycles. The number of nitrogens with zero attached hydrogens (tertiary/aromatic N) is 1. The standard InChI is InChI=1S/C19H18N2O3/c22-19(13-12-15-7-2-4-11-18(15)21(23)24)20-17-10-5-8-14-6-1-3-9-16(14)17/h1-4,6-7,9,11-13,17H,5,8,10H2,(H,20,22)/b13-12+. The number of hydrogen-bond acceptors (Lipinski definition) is 3. The highest BCUT2D eigenvalue weighted by Crippen LogP contribution is 2.29. The summed E-state index contributed by atoms with van der Waals surface area (Å²) < 4.78 is 0. The Hall–Kier alpha value is -2.95. The van der Waals surface area contributed by atoms with Crippen LogP contribution < -0.4 is 5.32 Å². The zero-order chi connectivity index (χ0) is 16.9. The van der Waals surface area contributed by atoms with Gasteiger partial charge >= 0.3 is 0 Å². The summed E-state index contributed by atoms with van der Waals surface area (Å²) in [6, 6.07) is 14.5. The van der Waals surface area contributed by atoms with Crippen LogP contribution in [-0.2, 0) is 11.2 Å². The van der Waals surface area contributed by atoms with Gasteiger partial charge in [0, 0.05) is 12.1 Å². The quantitative estimate of drug-likeness (QED) is 0.528. The molecule has 0 fully saturated rings. The minimum Gasteiger partial charge on any atom is -0.346 e. The Morgan fingerprint density at radius 1 is 1.17 bits per heavy atom. The van der Waals surface area contributed by atoms with Gasteiger partial charge in [-0.15, -0.1) is 0 Å². The molecule has 0 saturated heterocycles. The van der Waals surface area contributed by atoms with Crippen molar-refractivity contribution in [2.45, 2.75) is 25.3 Å². The number of nitro benzene ring substituents is 1. The molecule has 0 radical (unpaired) electrons. The fraction of sp³-hybridized carbons (Fsp3) is 0.211. The minimum absolute atomic E-state index is 0.00198. The highest BCUT2D eigenvalue weighted by molar-refractivity contribution is 5.92. The number of nitrogens with one attached hydrogen (secondary N) is 1. The van der Waals surface area contributed by atoms with Crippen LogP contribution in [0, 0.1) is 10.1 Å². The summed E-state index contributed by atoms with van der Waals surface area (Å²) in [6.07, 6.45) is 5.83. The maximum absolute atomic E-state index is 12.2. The summed E-state index contributed by atoms with van der Waals surface area (Å²) >= 11 is 0. The number of carbonyl (C=O) groups excluding carboxylic acids is 1. The zero-order valence-corrected chi connectivity index (χ0v) is 13.1. The summed E-state index contributed by atoms with van der Waals surface area (Å²) in [7, 11) is 0. The molecule has 0 heterocycles.